The van der Waals surface area contributed by atoms with Gasteiger partial charge in [-0.1, -0.05) is 66.7 Å². The summed E-state index contributed by atoms with van der Waals surface area (Å²) >= 11 is 0. The highest BCUT2D eigenvalue weighted by molar-refractivity contribution is 5.48. The fourth-order valence-electron chi connectivity index (χ4n) is 1.73. The van der Waals surface area contributed by atoms with Crippen molar-refractivity contribution in [1.29, 1.82) is 0 Å². The fraction of sp³-hybridized carbons (Fsp3) is 0.111. The zero-order chi connectivity index (χ0) is 13.2. The molecule has 0 aliphatic heterocycles. The number of allylic oxidation sites excluding steroid dienone is 1. The van der Waals surface area contributed by atoms with Crippen LogP contribution in [0.2, 0.25) is 0 Å². The average molecular weight is 250 g/mol. The van der Waals surface area contributed by atoms with Gasteiger partial charge in [0, 0.05) is 0 Å². The van der Waals surface area contributed by atoms with E-state index >= 15 is 0 Å². The maximum Gasteiger partial charge on any atom is 0.106 e. The van der Waals surface area contributed by atoms with Crippen molar-refractivity contribution in [3.8, 4) is 0 Å². The molecule has 0 heterocycles. The minimum atomic E-state index is 0.597. The minimum Gasteiger partial charge on any atom is -0.497 e. The Bertz CT molecular complexity index is 512. The second-order valence-electron chi connectivity index (χ2n) is 4.21. The first-order chi connectivity index (χ1) is 9.45. The average Bonchev–Trinajstić information content (AvgIpc) is 2.48. The lowest BCUT2D eigenvalue weighted by Gasteiger charge is -1.96. The Morgan fingerprint density at radius 2 is 1.47 bits per heavy atom. The smallest absolute Gasteiger partial charge is 0.106 e. The van der Waals surface area contributed by atoms with Crippen molar-refractivity contribution in [2.24, 2.45) is 0 Å². The Kier molecular flexibility index (Phi) is 5.49. The molecule has 0 aliphatic rings. The number of ether oxygens (including phenoxy) is 1. The van der Waals surface area contributed by atoms with Crippen LogP contribution in [0.25, 0.3) is 6.08 Å². The van der Waals surface area contributed by atoms with Crippen LogP contribution >= 0.6 is 0 Å². The van der Waals surface area contributed by atoms with E-state index in [4.69, 9.17) is 4.74 Å². The predicted molar refractivity (Wildman–Crippen MR) is 80.7 cm³/mol. The predicted octanol–water partition coefficient (Wildman–Crippen LogP) is 4.47. The molecular weight excluding hydrogens is 232 g/mol. The van der Waals surface area contributed by atoms with Gasteiger partial charge in [0.1, 0.15) is 6.61 Å². The summed E-state index contributed by atoms with van der Waals surface area (Å²) in [5.74, 6) is 0. The monoisotopic (exact) mass is 250 g/mol. The molecule has 0 aromatic heterocycles. The molecule has 0 atom stereocenters. The number of rotatable bonds is 6. The number of benzene rings is 2. The normalized spacial score (nSPS) is 11.2. The van der Waals surface area contributed by atoms with E-state index in [1.54, 1.807) is 6.26 Å². The summed E-state index contributed by atoms with van der Waals surface area (Å²) < 4.78 is 5.41. The van der Waals surface area contributed by atoms with Gasteiger partial charge < -0.3 is 4.74 Å². The summed E-state index contributed by atoms with van der Waals surface area (Å²) in [5, 5.41) is 0. The van der Waals surface area contributed by atoms with E-state index in [2.05, 4.69) is 30.3 Å². The summed E-state index contributed by atoms with van der Waals surface area (Å²) in [6, 6.07) is 20.6. The second kappa shape index (κ2) is 7.93. The Morgan fingerprint density at radius 3 is 2.21 bits per heavy atom. The summed E-state index contributed by atoms with van der Waals surface area (Å²) in [6.07, 6.45) is 8.78. The Balaban J connectivity index is 1.66. The van der Waals surface area contributed by atoms with Crippen LogP contribution < -0.4 is 0 Å². The third kappa shape index (κ3) is 5.26. The zero-order valence-electron chi connectivity index (χ0n) is 10.9. The molecule has 0 aliphatic carbocycles. The molecule has 0 amide bonds. The van der Waals surface area contributed by atoms with Gasteiger partial charge in [0.15, 0.2) is 0 Å². The van der Waals surface area contributed by atoms with E-state index in [1.165, 1.54) is 11.1 Å². The quantitative estimate of drug-likeness (QED) is 0.543. The summed E-state index contributed by atoms with van der Waals surface area (Å²) in [5.41, 5.74) is 2.49. The molecule has 0 spiro atoms. The van der Waals surface area contributed by atoms with Crippen molar-refractivity contribution in [2.75, 3.05) is 6.61 Å². The van der Waals surface area contributed by atoms with Crippen molar-refractivity contribution in [1.82, 2.24) is 0 Å². The van der Waals surface area contributed by atoms with Gasteiger partial charge >= 0.3 is 0 Å². The number of hydrogen-bond donors (Lipinski definition) is 0. The molecule has 96 valence electrons. The highest BCUT2D eigenvalue weighted by Gasteiger charge is 1.85. The first-order valence-electron chi connectivity index (χ1n) is 6.47. The molecule has 0 N–H and O–H groups in total. The van der Waals surface area contributed by atoms with Gasteiger partial charge in [0.05, 0.1) is 6.26 Å². The summed E-state index contributed by atoms with van der Waals surface area (Å²) in [4.78, 5) is 0. The lowest BCUT2D eigenvalue weighted by Crippen LogP contribution is -1.83. The SMILES string of the molecule is C(=Cc1ccccc1)COC=CCc1ccccc1. The van der Waals surface area contributed by atoms with Crippen LogP contribution in [-0.4, -0.2) is 6.61 Å². The van der Waals surface area contributed by atoms with Crippen LogP contribution in [-0.2, 0) is 11.2 Å². The van der Waals surface area contributed by atoms with Crippen molar-refractivity contribution >= 4 is 6.08 Å². The van der Waals surface area contributed by atoms with Gasteiger partial charge in [-0.15, -0.1) is 0 Å². The molecule has 2 aromatic carbocycles. The minimum absolute atomic E-state index is 0.597. The summed E-state index contributed by atoms with van der Waals surface area (Å²) in [6.45, 7) is 0.597. The van der Waals surface area contributed by atoms with Crippen molar-refractivity contribution < 1.29 is 4.74 Å². The topological polar surface area (TPSA) is 9.23 Å². The van der Waals surface area contributed by atoms with Gasteiger partial charge in [0.2, 0.25) is 0 Å². The molecule has 2 rings (SSSR count). The highest BCUT2D eigenvalue weighted by atomic mass is 16.5. The van der Waals surface area contributed by atoms with Crippen molar-refractivity contribution in [3.63, 3.8) is 0 Å². The molecule has 1 heteroatoms. The molecule has 0 radical (unpaired) electrons. The Morgan fingerprint density at radius 1 is 0.789 bits per heavy atom. The van der Waals surface area contributed by atoms with E-state index in [-0.39, 0.29) is 0 Å². The second-order valence-corrected chi connectivity index (χ2v) is 4.21. The molecule has 2 aromatic rings. The van der Waals surface area contributed by atoms with E-state index in [9.17, 15) is 0 Å². The molecular formula is C18H18O. The maximum absolute atomic E-state index is 5.41. The van der Waals surface area contributed by atoms with Crippen LogP contribution in [0.3, 0.4) is 0 Å². The molecule has 1 nitrogen and oxygen atoms in total. The lowest BCUT2D eigenvalue weighted by atomic mass is 10.2. The largest absolute Gasteiger partial charge is 0.497 e. The van der Waals surface area contributed by atoms with E-state index in [0.717, 1.165) is 6.42 Å². The van der Waals surface area contributed by atoms with Gasteiger partial charge in [0.25, 0.3) is 0 Å². The third-order valence-corrected chi connectivity index (χ3v) is 2.69. The zero-order valence-corrected chi connectivity index (χ0v) is 10.9. The van der Waals surface area contributed by atoms with Crippen molar-refractivity contribution in [3.05, 3.63) is 90.2 Å². The first kappa shape index (κ1) is 13.2. The third-order valence-electron chi connectivity index (χ3n) is 2.69. The molecule has 0 saturated carbocycles. The molecule has 0 saturated heterocycles. The van der Waals surface area contributed by atoms with Crippen LogP contribution in [0.1, 0.15) is 11.1 Å². The number of hydrogen-bond acceptors (Lipinski definition) is 1. The first-order valence-corrected chi connectivity index (χ1v) is 6.47. The standard InChI is InChI=1S/C18H18O/c1-3-9-17(10-4-1)13-7-15-19-16-8-14-18-11-5-2-6-12-18/h1-13,16H,14-15H2. The lowest BCUT2D eigenvalue weighted by molar-refractivity contribution is 0.289. The van der Waals surface area contributed by atoms with Gasteiger partial charge in [-0.3, -0.25) is 0 Å². The van der Waals surface area contributed by atoms with Gasteiger partial charge in [-0.25, -0.2) is 0 Å². The van der Waals surface area contributed by atoms with Crippen LogP contribution in [0.15, 0.2) is 79.1 Å². The molecule has 0 fully saturated rings. The molecule has 0 bridgehead atoms. The Hall–Kier alpha value is -2.28. The fourth-order valence-corrected chi connectivity index (χ4v) is 1.73. The molecule has 0 unspecified atom stereocenters. The van der Waals surface area contributed by atoms with Crippen LogP contribution in [0, 0.1) is 0 Å². The van der Waals surface area contributed by atoms with Crippen LogP contribution in [0.4, 0.5) is 0 Å². The highest BCUT2D eigenvalue weighted by Crippen LogP contribution is 2.01. The van der Waals surface area contributed by atoms with E-state index in [0.29, 0.717) is 6.61 Å². The van der Waals surface area contributed by atoms with Gasteiger partial charge in [-0.05, 0) is 29.7 Å². The molecule has 19 heavy (non-hydrogen) atoms. The summed E-state index contributed by atoms with van der Waals surface area (Å²) in [7, 11) is 0. The van der Waals surface area contributed by atoms with Crippen LogP contribution in [0.5, 0.6) is 0 Å². The van der Waals surface area contributed by atoms with E-state index in [1.807, 2.05) is 48.6 Å². The maximum atomic E-state index is 5.41. The van der Waals surface area contributed by atoms with Gasteiger partial charge in [-0.2, -0.15) is 0 Å². The Labute approximate surface area is 114 Å². The van der Waals surface area contributed by atoms with Crippen molar-refractivity contribution in [2.45, 2.75) is 6.42 Å². The van der Waals surface area contributed by atoms with E-state index < -0.39 is 0 Å².